The van der Waals surface area contributed by atoms with E-state index in [1.165, 1.54) is 0 Å². The van der Waals surface area contributed by atoms with Crippen LogP contribution in [0.4, 0.5) is 0 Å². The molecule has 1 aliphatic rings. The van der Waals surface area contributed by atoms with Crippen LogP contribution in [0.15, 0.2) is 18.2 Å². The van der Waals surface area contributed by atoms with Crippen LogP contribution in [0.1, 0.15) is 24.0 Å². The molecule has 1 amide bonds. The lowest BCUT2D eigenvalue weighted by atomic mass is 9.98. The third-order valence-electron chi connectivity index (χ3n) is 3.69. The lowest BCUT2D eigenvalue weighted by molar-refractivity contribution is -0.146. The van der Waals surface area contributed by atoms with Gasteiger partial charge in [-0.3, -0.25) is 4.79 Å². The highest BCUT2D eigenvalue weighted by atomic mass is 35.5. The number of hydrogen-bond donors (Lipinski definition) is 2. The number of amides is 1. The normalized spacial score (nSPS) is 21.2. The van der Waals surface area contributed by atoms with Gasteiger partial charge in [0.05, 0.1) is 0 Å². The number of rotatable bonds is 5. The van der Waals surface area contributed by atoms with Gasteiger partial charge in [0.15, 0.2) is 0 Å². The molecule has 0 aliphatic carbocycles. The first-order chi connectivity index (χ1) is 9.93. The zero-order valence-electron chi connectivity index (χ0n) is 11.8. The van der Waals surface area contributed by atoms with Crippen LogP contribution in [-0.4, -0.2) is 34.0 Å². The number of aliphatic carboxylic acids is 1. The molecule has 1 aliphatic heterocycles. The summed E-state index contributed by atoms with van der Waals surface area (Å²) >= 11 is 7.61. The average Bonchev–Trinajstić information content (AvgIpc) is 2.90. The zero-order valence-corrected chi connectivity index (χ0v) is 13.4. The molecule has 0 aromatic heterocycles. The lowest BCUT2D eigenvalue weighted by Gasteiger charge is -2.24. The fourth-order valence-electron chi connectivity index (χ4n) is 2.26. The van der Waals surface area contributed by atoms with Gasteiger partial charge in [0.25, 0.3) is 0 Å². The molecule has 1 heterocycles. The molecular formula is C15H18ClNO3S. The van der Waals surface area contributed by atoms with Crippen LogP contribution in [-0.2, 0) is 16.0 Å². The average molecular weight is 328 g/mol. The molecular weight excluding hydrogens is 310 g/mol. The van der Waals surface area contributed by atoms with Crippen molar-refractivity contribution < 1.29 is 14.7 Å². The van der Waals surface area contributed by atoms with Crippen molar-refractivity contribution in [1.29, 1.82) is 0 Å². The van der Waals surface area contributed by atoms with Gasteiger partial charge in [-0.05, 0) is 42.7 Å². The van der Waals surface area contributed by atoms with E-state index in [-0.39, 0.29) is 12.3 Å². The summed E-state index contributed by atoms with van der Waals surface area (Å²) in [7, 11) is 0. The third kappa shape index (κ3) is 3.92. The molecule has 1 saturated heterocycles. The SMILES string of the molecule is Cc1ccc(CCC(=O)NC2(C(=O)O)CCSC2)cc1Cl. The molecule has 0 radical (unpaired) electrons. The van der Waals surface area contributed by atoms with E-state index < -0.39 is 11.5 Å². The Balaban J connectivity index is 1.92. The van der Waals surface area contributed by atoms with Crippen LogP contribution < -0.4 is 5.32 Å². The van der Waals surface area contributed by atoms with Gasteiger partial charge in [-0.2, -0.15) is 11.8 Å². The molecule has 2 rings (SSSR count). The van der Waals surface area contributed by atoms with Crippen LogP contribution in [0.25, 0.3) is 0 Å². The molecule has 1 unspecified atom stereocenters. The second-order valence-electron chi connectivity index (χ2n) is 5.32. The zero-order chi connectivity index (χ0) is 15.5. The van der Waals surface area contributed by atoms with Crippen LogP contribution in [0.3, 0.4) is 0 Å². The number of benzene rings is 1. The summed E-state index contributed by atoms with van der Waals surface area (Å²) in [6.07, 6.45) is 1.29. The number of carbonyl (C=O) groups is 2. The predicted octanol–water partition coefficient (Wildman–Crippen LogP) is 2.66. The van der Waals surface area contributed by atoms with Crippen molar-refractivity contribution in [2.45, 2.75) is 31.7 Å². The summed E-state index contributed by atoms with van der Waals surface area (Å²) in [5, 5.41) is 12.7. The molecule has 1 fully saturated rings. The van der Waals surface area contributed by atoms with E-state index in [9.17, 15) is 14.7 Å². The van der Waals surface area contributed by atoms with E-state index in [2.05, 4.69) is 5.32 Å². The largest absolute Gasteiger partial charge is 0.479 e. The molecule has 1 aromatic carbocycles. The van der Waals surface area contributed by atoms with Crippen molar-refractivity contribution in [3.8, 4) is 0 Å². The van der Waals surface area contributed by atoms with Gasteiger partial charge < -0.3 is 10.4 Å². The van der Waals surface area contributed by atoms with Crippen molar-refractivity contribution in [2.75, 3.05) is 11.5 Å². The van der Waals surface area contributed by atoms with Gasteiger partial charge in [-0.25, -0.2) is 4.79 Å². The number of carbonyl (C=O) groups excluding carboxylic acids is 1. The minimum atomic E-state index is -1.09. The monoisotopic (exact) mass is 327 g/mol. The maximum Gasteiger partial charge on any atom is 0.330 e. The van der Waals surface area contributed by atoms with E-state index in [0.29, 0.717) is 23.6 Å². The van der Waals surface area contributed by atoms with Crippen LogP contribution >= 0.6 is 23.4 Å². The molecule has 0 bridgehead atoms. The van der Waals surface area contributed by atoms with Crippen molar-refractivity contribution in [3.63, 3.8) is 0 Å². The Bertz CT molecular complexity index is 556. The fraction of sp³-hybridized carbons (Fsp3) is 0.467. The minimum absolute atomic E-state index is 0.225. The standard InChI is InChI=1S/C15H18ClNO3S/c1-10-2-3-11(8-12(10)16)4-5-13(18)17-15(14(19)20)6-7-21-9-15/h2-3,8H,4-7,9H2,1H3,(H,17,18)(H,19,20). The number of carboxylic acids is 1. The Morgan fingerprint density at radius 1 is 1.48 bits per heavy atom. The van der Waals surface area contributed by atoms with Gasteiger partial charge in [-0.15, -0.1) is 0 Å². The molecule has 21 heavy (non-hydrogen) atoms. The first-order valence-corrected chi connectivity index (χ1v) is 8.33. The molecule has 4 nitrogen and oxygen atoms in total. The molecule has 0 saturated carbocycles. The molecule has 2 N–H and O–H groups in total. The van der Waals surface area contributed by atoms with E-state index in [0.717, 1.165) is 16.9 Å². The number of nitrogens with one attached hydrogen (secondary N) is 1. The Morgan fingerprint density at radius 2 is 2.24 bits per heavy atom. The quantitative estimate of drug-likeness (QED) is 0.872. The number of halogens is 1. The molecule has 1 atom stereocenters. The lowest BCUT2D eigenvalue weighted by Crippen LogP contribution is -2.54. The van der Waals surface area contributed by atoms with Crippen molar-refractivity contribution in [1.82, 2.24) is 5.32 Å². The van der Waals surface area contributed by atoms with Crippen molar-refractivity contribution >= 4 is 35.2 Å². The summed E-state index contributed by atoms with van der Waals surface area (Å²) in [6, 6.07) is 5.71. The number of hydrogen-bond acceptors (Lipinski definition) is 3. The second kappa shape index (κ2) is 6.71. The van der Waals surface area contributed by atoms with Gasteiger partial charge in [0, 0.05) is 17.2 Å². The number of aryl methyl sites for hydroxylation is 2. The summed E-state index contributed by atoms with van der Waals surface area (Å²) in [4.78, 5) is 23.4. The molecule has 114 valence electrons. The van der Waals surface area contributed by atoms with Gasteiger partial charge >= 0.3 is 5.97 Å². The van der Waals surface area contributed by atoms with Gasteiger partial charge in [-0.1, -0.05) is 23.7 Å². The van der Waals surface area contributed by atoms with E-state index in [1.54, 1.807) is 11.8 Å². The highest BCUT2D eigenvalue weighted by Crippen LogP contribution is 2.28. The topological polar surface area (TPSA) is 66.4 Å². The first-order valence-electron chi connectivity index (χ1n) is 6.80. The predicted molar refractivity (Wildman–Crippen MR) is 85.0 cm³/mol. The smallest absolute Gasteiger partial charge is 0.330 e. The maximum absolute atomic E-state index is 12.0. The Labute approximate surface area is 133 Å². The molecule has 1 aromatic rings. The Kier molecular flexibility index (Phi) is 5.17. The number of thioether (sulfide) groups is 1. The maximum atomic E-state index is 12.0. The van der Waals surface area contributed by atoms with E-state index in [1.807, 2.05) is 25.1 Å². The van der Waals surface area contributed by atoms with Crippen LogP contribution in [0.5, 0.6) is 0 Å². The van der Waals surface area contributed by atoms with E-state index in [4.69, 9.17) is 11.6 Å². The molecule has 6 heteroatoms. The highest BCUT2D eigenvalue weighted by molar-refractivity contribution is 7.99. The third-order valence-corrected chi connectivity index (χ3v) is 5.28. The van der Waals surface area contributed by atoms with Gasteiger partial charge in [0.2, 0.25) is 5.91 Å². The minimum Gasteiger partial charge on any atom is -0.479 e. The summed E-state index contributed by atoms with van der Waals surface area (Å²) in [5.41, 5.74) is 0.885. The van der Waals surface area contributed by atoms with Crippen molar-refractivity contribution in [3.05, 3.63) is 34.3 Å². The van der Waals surface area contributed by atoms with Gasteiger partial charge in [0.1, 0.15) is 5.54 Å². The highest BCUT2D eigenvalue weighted by Gasteiger charge is 2.43. The molecule has 0 spiro atoms. The van der Waals surface area contributed by atoms with Crippen molar-refractivity contribution in [2.24, 2.45) is 0 Å². The number of carboxylic acid groups (broad SMARTS) is 1. The fourth-order valence-corrected chi connectivity index (χ4v) is 3.79. The summed E-state index contributed by atoms with van der Waals surface area (Å²) in [6.45, 7) is 1.92. The first kappa shape index (κ1) is 16.2. The summed E-state index contributed by atoms with van der Waals surface area (Å²) < 4.78 is 0. The Hall–Kier alpha value is -1.20. The van der Waals surface area contributed by atoms with E-state index >= 15 is 0 Å². The van der Waals surface area contributed by atoms with Crippen LogP contribution in [0, 0.1) is 6.92 Å². The van der Waals surface area contributed by atoms with Crippen LogP contribution in [0.2, 0.25) is 5.02 Å². The second-order valence-corrected chi connectivity index (χ2v) is 6.83. The Morgan fingerprint density at radius 3 is 2.81 bits per heavy atom. The summed E-state index contributed by atoms with van der Waals surface area (Å²) in [5.74, 6) is 0.0285.